The minimum absolute atomic E-state index is 0.0602. The van der Waals surface area contributed by atoms with E-state index < -0.39 is 30.5 Å². The summed E-state index contributed by atoms with van der Waals surface area (Å²) in [6.45, 7) is -0.236. The average Bonchev–Trinajstić information content (AvgIpc) is 3.01. The monoisotopic (exact) mass is 383 g/mol. The van der Waals surface area contributed by atoms with Gasteiger partial charge in [0.05, 0.1) is 12.4 Å². The van der Waals surface area contributed by atoms with Gasteiger partial charge in [0.1, 0.15) is 24.1 Å². The fraction of sp³-hybridized carbons (Fsp3) is 0.267. The first kappa shape index (κ1) is 18.5. The van der Waals surface area contributed by atoms with E-state index in [0.29, 0.717) is 21.5 Å². The molecule has 0 spiro atoms. The van der Waals surface area contributed by atoms with Crippen LogP contribution in [0.15, 0.2) is 24.7 Å². The van der Waals surface area contributed by atoms with Crippen molar-refractivity contribution in [3.05, 3.63) is 30.5 Å². The van der Waals surface area contributed by atoms with Crippen molar-refractivity contribution in [3.8, 4) is 11.4 Å². The molecule has 0 bridgehead atoms. The Hall–Kier alpha value is -3.31. The van der Waals surface area contributed by atoms with E-state index in [1.807, 2.05) is 0 Å². The molecular weight excluding hydrogens is 370 g/mol. The van der Waals surface area contributed by atoms with E-state index in [9.17, 15) is 22.4 Å². The average molecular weight is 383 g/mol. The van der Waals surface area contributed by atoms with Gasteiger partial charge in [-0.25, -0.2) is 14.4 Å². The molecule has 27 heavy (non-hydrogen) atoms. The number of rotatable bonds is 5. The molecule has 1 amide bonds. The largest absolute Gasteiger partial charge is 0.406 e. The highest BCUT2D eigenvalue weighted by Gasteiger charge is 2.35. The van der Waals surface area contributed by atoms with Crippen LogP contribution in [0.1, 0.15) is 6.92 Å². The number of alkyl halides is 3. The van der Waals surface area contributed by atoms with Crippen LogP contribution >= 0.6 is 0 Å². The van der Waals surface area contributed by atoms with Crippen LogP contribution in [0.3, 0.4) is 0 Å². The number of aromatic nitrogens is 5. The van der Waals surface area contributed by atoms with Gasteiger partial charge in [-0.15, -0.1) is 5.10 Å². The number of aromatic amines is 1. The molecule has 0 aliphatic rings. The molecule has 8 nitrogen and oxygen atoms in total. The Bertz CT molecular complexity index is 988. The van der Waals surface area contributed by atoms with Gasteiger partial charge in [0, 0.05) is 17.1 Å². The highest BCUT2D eigenvalue weighted by Crippen LogP contribution is 2.28. The molecule has 0 saturated heterocycles. The summed E-state index contributed by atoms with van der Waals surface area (Å²) < 4.78 is 52.3. The molecule has 0 fully saturated rings. The predicted molar refractivity (Wildman–Crippen MR) is 86.9 cm³/mol. The number of nitrogens with two attached hydrogens (primary N) is 1. The van der Waals surface area contributed by atoms with Crippen LogP contribution in [0, 0.1) is 5.82 Å². The van der Waals surface area contributed by atoms with Crippen molar-refractivity contribution >= 4 is 22.8 Å². The number of primary amides is 1. The van der Waals surface area contributed by atoms with E-state index in [2.05, 4.69) is 25.1 Å². The zero-order valence-corrected chi connectivity index (χ0v) is 13.8. The summed E-state index contributed by atoms with van der Waals surface area (Å²) in [6.07, 6.45) is -1.17. The zero-order chi connectivity index (χ0) is 19.8. The molecule has 0 aromatic carbocycles. The van der Waals surface area contributed by atoms with Crippen LogP contribution in [-0.2, 0) is 4.79 Å². The van der Waals surface area contributed by atoms with Gasteiger partial charge in [-0.05, 0) is 13.0 Å². The van der Waals surface area contributed by atoms with E-state index in [-0.39, 0.29) is 11.6 Å². The maximum atomic E-state index is 13.5. The van der Waals surface area contributed by atoms with E-state index in [4.69, 9.17) is 5.73 Å². The molecule has 12 heteroatoms. The second-order valence-electron chi connectivity index (χ2n) is 5.71. The first-order chi connectivity index (χ1) is 12.7. The van der Waals surface area contributed by atoms with Gasteiger partial charge in [0.15, 0.2) is 11.6 Å². The third-order valence-electron chi connectivity index (χ3n) is 3.81. The van der Waals surface area contributed by atoms with E-state index in [0.717, 1.165) is 12.4 Å². The number of hydrogen-bond acceptors (Lipinski definition) is 6. The van der Waals surface area contributed by atoms with Crippen molar-refractivity contribution in [2.24, 2.45) is 5.73 Å². The standard InChI is InChI=1S/C15H13F4N7O/c1-7(12(20)27)26(6-15(17,18)19)11-5-23-25-14(24-11)10-4-22-13-9(10)2-8(16)3-21-13/h2-5,7H,6H2,1H3,(H2,20,27)(H,21,22)/t7-/m1/s1. The number of carbonyl (C=O) groups excluding carboxylic acids is 1. The lowest BCUT2D eigenvalue weighted by molar-refractivity contribution is -0.125. The van der Waals surface area contributed by atoms with Crippen LogP contribution in [0.25, 0.3) is 22.4 Å². The number of pyridine rings is 1. The quantitative estimate of drug-likeness (QED) is 0.650. The summed E-state index contributed by atoms with van der Waals surface area (Å²) in [5.41, 5.74) is 5.79. The van der Waals surface area contributed by atoms with Crippen molar-refractivity contribution < 1.29 is 22.4 Å². The van der Waals surface area contributed by atoms with Gasteiger partial charge >= 0.3 is 6.18 Å². The Morgan fingerprint density at radius 2 is 2.11 bits per heavy atom. The third kappa shape index (κ3) is 3.93. The van der Waals surface area contributed by atoms with Crippen molar-refractivity contribution in [2.45, 2.75) is 19.1 Å². The Morgan fingerprint density at radius 1 is 1.37 bits per heavy atom. The molecule has 0 saturated carbocycles. The number of H-pyrrole nitrogens is 1. The maximum absolute atomic E-state index is 13.5. The minimum Gasteiger partial charge on any atom is -0.368 e. The number of anilines is 1. The van der Waals surface area contributed by atoms with Crippen molar-refractivity contribution in [1.29, 1.82) is 0 Å². The highest BCUT2D eigenvalue weighted by molar-refractivity contribution is 5.91. The molecular formula is C15H13F4N7O. The number of hydrogen-bond donors (Lipinski definition) is 2. The fourth-order valence-electron chi connectivity index (χ4n) is 2.47. The Labute approximate surface area is 149 Å². The summed E-state index contributed by atoms with van der Waals surface area (Å²) in [5.74, 6) is -1.87. The second kappa shape index (κ2) is 6.78. The van der Waals surface area contributed by atoms with Gasteiger partial charge in [-0.3, -0.25) is 4.79 Å². The number of nitrogens with zero attached hydrogens (tertiary/aromatic N) is 5. The third-order valence-corrected chi connectivity index (χ3v) is 3.81. The lowest BCUT2D eigenvalue weighted by atomic mass is 10.2. The Morgan fingerprint density at radius 3 is 2.78 bits per heavy atom. The minimum atomic E-state index is -4.61. The normalized spacial score (nSPS) is 12.9. The van der Waals surface area contributed by atoms with E-state index >= 15 is 0 Å². The van der Waals surface area contributed by atoms with Crippen LogP contribution < -0.4 is 10.6 Å². The zero-order valence-electron chi connectivity index (χ0n) is 13.8. The van der Waals surface area contributed by atoms with Crippen LogP contribution in [0.5, 0.6) is 0 Å². The summed E-state index contributed by atoms with van der Waals surface area (Å²) in [7, 11) is 0. The first-order valence-electron chi connectivity index (χ1n) is 7.61. The highest BCUT2D eigenvalue weighted by atomic mass is 19.4. The van der Waals surface area contributed by atoms with Crippen LogP contribution in [-0.4, -0.2) is 49.8 Å². The van der Waals surface area contributed by atoms with Gasteiger partial charge in [0.2, 0.25) is 5.91 Å². The van der Waals surface area contributed by atoms with E-state index in [1.165, 1.54) is 19.2 Å². The molecule has 1 atom stereocenters. The lowest BCUT2D eigenvalue weighted by Crippen LogP contribution is -2.47. The van der Waals surface area contributed by atoms with Crippen molar-refractivity contribution in [1.82, 2.24) is 25.1 Å². The number of carbonyl (C=O) groups is 1. The summed E-state index contributed by atoms with van der Waals surface area (Å²) in [5, 5.41) is 7.78. The van der Waals surface area contributed by atoms with Gasteiger partial charge in [0.25, 0.3) is 0 Å². The lowest BCUT2D eigenvalue weighted by Gasteiger charge is -2.28. The van der Waals surface area contributed by atoms with Gasteiger partial charge in [-0.1, -0.05) is 0 Å². The van der Waals surface area contributed by atoms with Crippen molar-refractivity contribution in [3.63, 3.8) is 0 Å². The molecule has 3 heterocycles. The number of nitrogens with one attached hydrogen (secondary N) is 1. The molecule has 3 rings (SSSR count). The van der Waals surface area contributed by atoms with Gasteiger partial charge in [-0.2, -0.15) is 18.3 Å². The smallest absolute Gasteiger partial charge is 0.368 e. The summed E-state index contributed by atoms with van der Waals surface area (Å²) in [6, 6.07) is -0.109. The molecule has 0 unspecified atom stereocenters. The molecule has 0 aliphatic carbocycles. The molecule has 142 valence electrons. The number of fused-ring (bicyclic) bond motifs is 1. The molecule has 0 radical (unpaired) electrons. The summed E-state index contributed by atoms with van der Waals surface area (Å²) >= 11 is 0. The first-order valence-corrected chi connectivity index (χ1v) is 7.61. The second-order valence-corrected chi connectivity index (χ2v) is 5.71. The topological polar surface area (TPSA) is 114 Å². The number of amides is 1. The SMILES string of the molecule is C[C@H](C(N)=O)N(CC(F)(F)F)c1cnnc(-c2c[nH]c3ncc(F)cc23)n1. The molecule has 3 N–H and O–H groups in total. The van der Waals surface area contributed by atoms with Gasteiger partial charge < -0.3 is 15.6 Å². The summed E-state index contributed by atoms with van der Waals surface area (Å²) in [4.78, 5) is 22.8. The van der Waals surface area contributed by atoms with Crippen LogP contribution in [0.2, 0.25) is 0 Å². The fourth-order valence-corrected chi connectivity index (χ4v) is 2.47. The molecule has 3 aromatic heterocycles. The molecule has 3 aromatic rings. The maximum Gasteiger partial charge on any atom is 0.406 e. The van der Waals surface area contributed by atoms with Crippen molar-refractivity contribution in [2.75, 3.05) is 11.4 Å². The van der Waals surface area contributed by atoms with Crippen LogP contribution in [0.4, 0.5) is 23.4 Å². The number of halogens is 4. The Kier molecular flexibility index (Phi) is 4.64. The molecule has 0 aliphatic heterocycles. The predicted octanol–water partition coefficient (Wildman–Crippen LogP) is 1.80. The van der Waals surface area contributed by atoms with E-state index in [1.54, 1.807) is 0 Å². The Balaban J connectivity index is 2.06.